The van der Waals surface area contributed by atoms with E-state index in [4.69, 9.17) is 10.5 Å². The van der Waals surface area contributed by atoms with E-state index in [1.165, 1.54) is 7.11 Å². The van der Waals surface area contributed by atoms with Gasteiger partial charge in [0, 0.05) is 17.5 Å². The minimum absolute atomic E-state index is 0.338. The maximum atomic E-state index is 11.2. The van der Waals surface area contributed by atoms with Crippen molar-refractivity contribution in [3.05, 3.63) is 36.0 Å². The van der Waals surface area contributed by atoms with Crippen LogP contribution in [0.4, 0.5) is 0 Å². The molecule has 1 unspecified atom stereocenters. The average molecular weight is 274 g/mol. The molecule has 106 valence electrons. The number of fused-ring (bicyclic) bond motifs is 1. The molecule has 1 aromatic carbocycles. The van der Waals surface area contributed by atoms with Crippen molar-refractivity contribution >= 4 is 16.9 Å². The zero-order chi connectivity index (χ0) is 14.5. The predicted octanol–water partition coefficient (Wildman–Crippen LogP) is 1.81. The average Bonchev–Trinajstić information content (AvgIpc) is 2.46. The minimum atomic E-state index is -0.662. The molecule has 0 amide bonds. The summed E-state index contributed by atoms with van der Waals surface area (Å²) in [7, 11) is 1.32. The largest absolute Gasteiger partial charge is 0.491 e. The molecule has 0 fully saturated rings. The van der Waals surface area contributed by atoms with Gasteiger partial charge in [-0.2, -0.15) is 0 Å². The first-order valence-electron chi connectivity index (χ1n) is 6.44. The molecule has 1 aromatic heterocycles. The van der Waals surface area contributed by atoms with Gasteiger partial charge in [0.25, 0.3) is 0 Å². The highest BCUT2D eigenvalue weighted by Crippen LogP contribution is 2.24. The molecule has 0 aliphatic heterocycles. The molecule has 2 N–H and O–H groups in total. The summed E-state index contributed by atoms with van der Waals surface area (Å²) in [5.41, 5.74) is 7.41. The summed E-state index contributed by atoms with van der Waals surface area (Å²) >= 11 is 0. The van der Waals surface area contributed by atoms with Crippen LogP contribution in [-0.4, -0.2) is 30.7 Å². The Morgan fingerprint density at radius 1 is 1.35 bits per heavy atom. The number of aromatic nitrogens is 1. The lowest BCUT2D eigenvalue weighted by molar-refractivity contribution is -0.142. The van der Waals surface area contributed by atoms with E-state index in [1.54, 1.807) is 0 Å². The number of ether oxygens (including phenoxy) is 2. The minimum Gasteiger partial charge on any atom is -0.491 e. The summed E-state index contributed by atoms with van der Waals surface area (Å²) in [5, 5.41) is 1.02. The van der Waals surface area contributed by atoms with Crippen LogP contribution >= 0.6 is 0 Å². The van der Waals surface area contributed by atoms with Gasteiger partial charge in [0.2, 0.25) is 0 Å². The third kappa shape index (κ3) is 3.24. The molecule has 2 aromatic rings. The highest BCUT2D eigenvalue weighted by molar-refractivity contribution is 5.84. The first-order chi connectivity index (χ1) is 9.61. The van der Waals surface area contributed by atoms with E-state index in [0.717, 1.165) is 16.6 Å². The second-order valence-corrected chi connectivity index (χ2v) is 4.55. The molecular weight excluding hydrogens is 256 g/mol. The summed E-state index contributed by atoms with van der Waals surface area (Å²) in [5.74, 6) is 0.267. The molecule has 0 spiro atoms. The Labute approximate surface area is 117 Å². The van der Waals surface area contributed by atoms with E-state index in [-0.39, 0.29) is 0 Å². The molecule has 20 heavy (non-hydrogen) atoms. The van der Waals surface area contributed by atoms with Crippen molar-refractivity contribution in [2.45, 2.75) is 19.4 Å². The van der Waals surface area contributed by atoms with Gasteiger partial charge >= 0.3 is 5.97 Å². The first kappa shape index (κ1) is 14.3. The van der Waals surface area contributed by atoms with Crippen molar-refractivity contribution in [2.24, 2.45) is 5.73 Å². The lowest BCUT2D eigenvalue weighted by atomic mass is 10.2. The molecule has 0 saturated heterocycles. The number of carbonyl (C=O) groups excluding carboxylic acids is 1. The maximum Gasteiger partial charge on any atom is 0.322 e. The van der Waals surface area contributed by atoms with E-state index >= 15 is 0 Å². The van der Waals surface area contributed by atoms with Gasteiger partial charge in [-0.25, -0.2) is 4.98 Å². The highest BCUT2D eigenvalue weighted by Gasteiger charge is 2.13. The Hall–Kier alpha value is -2.14. The number of carbonyl (C=O) groups is 1. The monoisotopic (exact) mass is 274 g/mol. The molecule has 5 nitrogen and oxygen atoms in total. The number of aryl methyl sites for hydroxylation is 1. The van der Waals surface area contributed by atoms with Crippen molar-refractivity contribution in [2.75, 3.05) is 13.7 Å². The SMILES string of the molecule is COC(=O)C(N)CCOc1cccc2ccc(C)nc12. The topological polar surface area (TPSA) is 74.4 Å². The van der Waals surface area contributed by atoms with Gasteiger partial charge in [-0.1, -0.05) is 18.2 Å². The van der Waals surface area contributed by atoms with Gasteiger partial charge in [0.15, 0.2) is 0 Å². The molecule has 0 radical (unpaired) electrons. The second kappa shape index (κ2) is 6.34. The number of nitrogens with zero attached hydrogens (tertiary/aromatic N) is 1. The van der Waals surface area contributed by atoms with Crippen LogP contribution in [0.5, 0.6) is 5.75 Å². The van der Waals surface area contributed by atoms with E-state index < -0.39 is 12.0 Å². The third-order valence-electron chi connectivity index (χ3n) is 3.01. The zero-order valence-corrected chi connectivity index (χ0v) is 11.6. The van der Waals surface area contributed by atoms with Crippen LogP contribution in [0.2, 0.25) is 0 Å². The van der Waals surface area contributed by atoms with Crippen molar-refractivity contribution in [1.82, 2.24) is 4.98 Å². The summed E-state index contributed by atoms with van der Waals surface area (Å²) in [6.45, 7) is 2.27. The van der Waals surface area contributed by atoms with Crippen molar-refractivity contribution in [1.29, 1.82) is 0 Å². The fraction of sp³-hybridized carbons (Fsp3) is 0.333. The molecule has 0 aliphatic carbocycles. The van der Waals surface area contributed by atoms with Gasteiger partial charge in [-0.3, -0.25) is 4.79 Å². The van der Waals surface area contributed by atoms with Gasteiger partial charge in [0.05, 0.1) is 13.7 Å². The van der Waals surface area contributed by atoms with E-state index in [9.17, 15) is 4.79 Å². The van der Waals surface area contributed by atoms with Crippen LogP contribution in [0, 0.1) is 6.92 Å². The lowest BCUT2D eigenvalue weighted by Gasteiger charge is -2.12. The van der Waals surface area contributed by atoms with Crippen LogP contribution in [0.25, 0.3) is 10.9 Å². The van der Waals surface area contributed by atoms with Gasteiger partial charge in [-0.05, 0) is 19.1 Å². The molecule has 5 heteroatoms. The fourth-order valence-corrected chi connectivity index (χ4v) is 1.90. The van der Waals surface area contributed by atoms with Crippen LogP contribution in [0.1, 0.15) is 12.1 Å². The number of hydrogen-bond acceptors (Lipinski definition) is 5. The van der Waals surface area contributed by atoms with Crippen molar-refractivity contribution in [3.8, 4) is 5.75 Å². The zero-order valence-electron chi connectivity index (χ0n) is 11.6. The van der Waals surface area contributed by atoms with Crippen LogP contribution in [0.15, 0.2) is 30.3 Å². The predicted molar refractivity (Wildman–Crippen MR) is 76.6 cm³/mol. The number of para-hydroxylation sites is 1. The van der Waals surface area contributed by atoms with E-state index in [1.807, 2.05) is 37.3 Å². The normalized spacial score (nSPS) is 12.2. The summed E-state index contributed by atoms with van der Waals surface area (Å²) < 4.78 is 10.3. The summed E-state index contributed by atoms with van der Waals surface area (Å²) in [4.78, 5) is 15.7. The number of rotatable bonds is 5. The third-order valence-corrected chi connectivity index (χ3v) is 3.01. The first-order valence-corrected chi connectivity index (χ1v) is 6.44. The van der Waals surface area contributed by atoms with Crippen molar-refractivity contribution < 1.29 is 14.3 Å². The van der Waals surface area contributed by atoms with Crippen LogP contribution < -0.4 is 10.5 Å². The van der Waals surface area contributed by atoms with Gasteiger partial charge < -0.3 is 15.2 Å². The Kier molecular flexibility index (Phi) is 4.53. The summed E-state index contributed by atoms with van der Waals surface area (Å²) in [6.07, 6.45) is 0.398. The Morgan fingerprint density at radius 2 is 2.15 bits per heavy atom. The number of pyridine rings is 1. The highest BCUT2D eigenvalue weighted by atomic mass is 16.5. The summed E-state index contributed by atoms with van der Waals surface area (Å²) in [6, 6.07) is 9.05. The quantitative estimate of drug-likeness (QED) is 0.842. The van der Waals surface area contributed by atoms with Crippen LogP contribution in [-0.2, 0) is 9.53 Å². The van der Waals surface area contributed by atoms with E-state index in [2.05, 4.69) is 9.72 Å². The number of benzene rings is 1. The number of nitrogens with two attached hydrogens (primary N) is 1. The van der Waals surface area contributed by atoms with Crippen LogP contribution in [0.3, 0.4) is 0 Å². The molecule has 0 aliphatic rings. The second-order valence-electron chi connectivity index (χ2n) is 4.55. The smallest absolute Gasteiger partial charge is 0.322 e. The maximum absolute atomic E-state index is 11.2. The van der Waals surface area contributed by atoms with Crippen molar-refractivity contribution in [3.63, 3.8) is 0 Å². The Bertz CT molecular complexity index is 613. The number of methoxy groups -OCH3 is 1. The molecular formula is C15H18N2O3. The van der Waals surface area contributed by atoms with Gasteiger partial charge in [-0.15, -0.1) is 0 Å². The fourth-order valence-electron chi connectivity index (χ4n) is 1.90. The molecule has 0 bridgehead atoms. The number of esters is 1. The standard InChI is InChI=1S/C15H18N2O3/c1-10-6-7-11-4-3-5-13(14(11)17-10)20-9-8-12(16)15(18)19-2/h3-7,12H,8-9,16H2,1-2H3. The lowest BCUT2D eigenvalue weighted by Crippen LogP contribution is -2.33. The Balaban J connectivity index is 2.06. The number of hydrogen-bond donors (Lipinski definition) is 1. The molecule has 1 atom stereocenters. The molecule has 1 heterocycles. The molecule has 0 saturated carbocycles. The Morgan fingerprint density at radius 3 is 2.90 bits per heavy atom. The van der Waals surface area contributed by atoms with Gasteiger partial charge in [0.1, 0.15) is 17.3 Å². The van der Waals surface area contributed by atoms with E-state index in [0.29, 0.717) is 18.8 Å². The molecule has 2 rings (SSSR count).